The van der Waals surface area contributed by atoms with E-state index in [-0.39, 0.29) is 11.9 Å². The summed E-state index contributed by atoms with van der Waals surface area (Å²) in [5.74, 6) is 5.96. The van der Waals surface area contributed by atoms with E-state index in [0.29, 0.717) is 17.7 Å². The fourth-order valence-electron chi connectivity index (χ4n) is 2.03. The van der Waals surface area contributed by atoms with Crippen LogP contribution in [0.5, 0.6) is 5.75 Å². The first kappa shape index (κ1) is 14.9. The van der Waals surface area contributed by atoms with Gasteiger partial charge in [-0.1, -0.05) is 15.9 Å². The second-order valence-corrected chi connectivity index (χ2v) is 5.19. The van der Waals surface area contributed by atoms with Crippen LogP contribution in [0.4, 0.5) is 4.39 Å². The molecule has 0 aliphatic heterocycles. The smallest absolute Gasteiger partial charge is 0.141 e. The Labute approximate surface area is 125 Å². The largest absolute Gasteiger partial charge is 0.495 e. The van der Waals surface area contributed by atoms with Crippen LogP contribution in [-0.2, 0) is 6.42 Å². The Morgan fingerprint density at radius 1 is 1.45 bits per heavy atom. The maximum Gasteiger partial charge on any atom is 0.141 e. The summed E-state index contributed by atoms with van der Waals surface area (Å²) in [5.41, 5.74) is 4.11. The Kier molecular flexibility index (Phi) is 5.05. The van der Waals surface area contributed by atoms with Crippen molar-refractivity contribution in [2.24, 2.45) is 5.84 Å². The molecule has 1 atom stereocenters. The highest BCUT2D eigenvalue weighted by atomic mass is 79.9. The third-order valence-corrected chi connectivity index (χ3v) is 3.54. The molecule has 2 aromatic rings. The van der Waals surface area contributed by atoms with Crippen molar-refractivity contribution in [2.75, 3.05) is 7.11 Å². The Morgan fingerprint density at radius 3 is 2.95 bits per heavy atom. The summed E-state index contributed by atoms with van der Waals surface area (Å²) in [5, 5.41) is 0. The topological polar surface area (TPSA) is 60.2 Å². The quantitative estimate of drug-likeness (QED) is 0.649. The zero-order valence-corrected chi connectivity index (χ0v) is 12.5. The minimum absolute atomic E-state index is 0.263. The monoisotopic (exact) mass is 339 g/mol. The van der Waals surface area contributed by atoms with E-state index in [4.69, 9.17) is 10.6 Å². The molecule has 0 spiro atoms. The van der Waals surface area contributed by atoms with E-state index in [1.54, 1.807) is 37.7 Å². The zero-order valence-electron chi connectivity index (χ0n) is 10.9. The Bertz CT molecular complexity index is 594. The zero-order chi connectivity index (χ0) is 14.5. The third-order valence-electron chi connectivity index (χ3n) is 3.04. The second kappa shape index (κ2) is 6.78. The van der Waals surface area contributed by atoms with Gasteiger partial charge < -0.3 is 4.74 Å². The van der Waals surface area contributed by atoms with Gasteiger partial charge in [-0.25, -0.2) is 4.39 Å². The lowest BCUT2D eigenvalue weighted by atomic mass is 9.99. The lowest BCUT2D eigenvalue weighted by Crippen LogP contribution is -2.30. The summed E-state index contributed by atoms with van der Waals surface area (Å²) in [6.07, 6.45) is 3.67. The number of benzene rings is 1. The molecule has 4 nitrogen and oxygen atoms in total. The molecule has 0 saturated carbocycles. The van der Waals surface area contributed by atoms with Gasteiger partial charge in [0.1, 0.15) is 11.6 Å². The number of nitrogens with two attached hydrogens (primary N) is 1. The average Bonchev–Trinajstić information content (AvgIpc) is 2.48. The van der Waals surface area contributed by atoms with Crippen LogP contribution >= 0.6 is 15.9 Å². The predicted octanol–water partition coefficient (Wildman–Crippen LogP) is 2.74. The number of nitrogens with one attached hydrogen (secondary N) is 1. The van der Waals surface area contributed by atoms with Crippen molar-refractivity contribution < 1.29 is 9.13 Å². The molecule has 0 fully saturated rings. The van der Waals surface area contributed by atoms with Gasteiger partial charge in [0, 0.05) is 16.2 Å². The molecule has 106 valence electrons. The van der Waals surface area contributed by atoms with Crippen LogP contribution in [0, 0.1) is 5.82 Å². The van der Waals surface area contributed by atoms with Crippen LogP contribution in [-0.4, -0.2) is 12.1 Å². The van der Waals surface area contributed by atoms with Gasteiger partial charge in [0.05, 0.1) is 19.3 Å². The fourth-order valence-corrected chi connectivity index (χ4v) is 2.44. The number of nitrogens with zero attached hydrogens (tertiary/aromatic N) is 1. The summed E-state index contributed by atoms with van der Waals surface area (Å²) in [7, 11) is 1.56. The van der Waals surface area contributed by atoms with E-state index in [0.717, 1.165) is 10.0 Å². The van der Waals surface area contributed by atoms with E-state index in [9.17, 15) is 4.39 Å². The molecule has 0 bridgehead atoms. The van der Waals surface area contributed by atoms with E-state index < -0.39 is 0 Å². The molecule has 1 unspecified atom stereocenters. The Balaban J connectivity index is 2.31. The standard InChI is InChI=1S/C14H15BrFN3O/c1-20-14-8-18-5-4-11(14)13(19-17)7-9-6-10(15)2-3-12(9)16/h2-6,8,13,19H,7,17H2,1H3. The van der Waals surface area contributed by atoms with Crippen molar-refractivity contribution in [3.63, 3.8) is 0 Å². The summed E-state index contributed by atoms with van der Waals surface area (Å²) in [6.45, 7) is 0. The molecule has 3 N–H and O–H groups in total. The Hall–Kier alpha value is -1.50. The average molecular weight is 340 g/mol. The number of aromatic nitrogens is 1. The van der Waals surface area contributed by atoms with Crippen molar-refractivity contribution in [1.29, 1.82) is 0 Å². The fraction of sp³-hybridized carbons (Fsp3) is 0.214. The molecular weight excluding hydrogens is 325 g/mol. The number of rotatable bonds is 5. The molecule has 1 heterocycles. The number of hydrogen-bond donors (Lipinski definition) is 2. The van der Waals surface area contributed by atoms with Crippen molar-refractivity contribution in [2.45, 2.75) is 12.5 Å². The summed E-state index contributed by atoms with van der Waals surface area (Å²) in [4.78, 5) is 4.00. The molecule has 0 aliphatic carbocycles. The normalized spacial score (nSPS) is 12.2. The number of hydrazine groups is 1. The highest BCUT2D eigenvalue weighted by Crippen LogP contribution is 2.27. The number of hydrogen-bond acceptors (Lipinski definition) is 4. The molecule has 1 aromatic heterocycles. The molecular formula is C14H15BrFN3O. The minimum atomic E-state index is -0.267. The second-order valence-electron chi connectivity index (χ2n) is 4.28. The summed E-state index contributed by atoms with van der Waals surface area (Å²) in [6, 6.07) is 6.37. The van der Waals surface area contributed by atoms with E-state index in [2.05, 4.69) is 26.3 Å². The van der Waals surface area contributed by atoms with Gasteiger partial charge in [-0.3, -0.25) is 16.3 Å². The van der Waals surface area contributed by atoms with E-state index in [1.165, 1.54) is 6.07 Å². The first-order valence-electron chi connectivity index (χ1n) is 6.03. The van der Waals surface area contributed by atoms with Gasteiger partial charge in [0.25, 0.3) is 0 Å². The van der Waals surface area contributed by atoms with Crippen LogP contribution in [0.3, 0.4) is 0 Å². The van der Waals surface area contributed by atoms with Crippen LogP contribution in [0.15, 0.2) is 41.1 Å². The van der Waals surface area contributed by atoms with E-state index in [1.807, 2.05) is 0 Å². The number of pyridine rings is 1. The van der Waals surface area contributed by atoms with E-state index >= 15 is 0 Å². The minimum Gasteiger partial charge on any atom is -0.495 e. The first-order valence-corrected chi connectivity index (χ1v) is 6.83. The van der Waals surface area contributed by atoms with Crippen LogP contribution in [0.25, 0.3) is 0 Å². The SMILES string of the molecule is COc1cnccc1C(Cc1cc(Br)ccc1F)NN. The maximum atomic E-state index is 13.8. The van der Waals surface area contributed by atoms with Crippen molar-refractivity contribution in [3.05, 3.63) is 58.1 Å². The van der Waals surface area contributed by atoms with Crippen LogP contribution in [0.1, 0.15) is 17.2 Å². The molecule has 0 radical (unpaired) electrons. The molecule has 0 amide bonds. The highest BCUT2D eigenvalue weighted by Gasteiger charge is 2.17. The first-order chi connectivity index (χ1) is 9.65. The molecule has 0 saturated heterocycles. The van der Waals surface area contributed by atoms with Crippen molar-refractivity contribution in [3.8, 4) is 5.75 Å². The van der Waals surface area contributed by atoms with Gasteiger partial charge in [-0.15, -0.1) is 0 Å². The number of halogens is 2. The lowest BCUT2D eigenvalue weighted by molar-refractivity contribution is 0.396. The van der Waals surface area contributed by atoms with Gasteiger partial charge in [-0.05, 0) is 36.2 Å². The highest BCUT2D eigenvalue weighted by molar-refractivity contribution is 9.10. The summed E-state index contributed by atoms with van der Waals surface area (Å²) < 4.78 is 19.9. The van der Waals surface area contributed by atoms with Gasteiger partial charge >= 0.3 is 0 Å². The molecule has 0 aliphatic rings. The number of methoxy groups -OCH3 is 1. The van der Waals surface area contributed by atoms with Crippen LogP contribution in [0.2, 0.25) is 0 Å². The van der Waals surface area contributed by atoms with Crippen LogP contribution < -0.4 is 16.0 Å². The summed E-state index contributed by atoms with van der Waals surface area (Å²) >= 11 is 3.34. The molecule has 6 heteroatoms. The number of ether oxygens (including phenoxy) is 1. The Morgan fingerprint density at radius 2 is 2.25 bits per heavy atom. The van der Waals surface area contributed by atoms with Gasteiger partial charge in [-0.2, -0.15) is 0 Å². The predicted molar refractivity (Wildman–Crippen MR) is 78.7 cm³/mol. The van der Waals surface area contributed by atoms with Crippen molar-refractivity contribution >= 4 is 15.9 Å². The third kappa shape index (κ3) is 3.33. The molecule has 20 heavy (non-hydrogen) atoms. The van der Waals surface area contributed by atoms with Crippen molar-refractivity contribution in [1.82, 2.24) is 10.4 Å². The lowest BCUT2D eigenvalue weighted by Gasteiger charge is -2.19. The van der Waals surface area contributed by atoms with Gasteiger partial charge in [0.15, 0.2) is 0 Å². The molecule has 1 aromatic carbocycles. The maximum absolute atomic E-state index is 13.8. The molecule has 2 rings (SSSR count). The van der Waals surface area contributed by atoms with Gasteiger partial charge in [0.2, 0.25) is 0 Å².